The van der Waals surface area contributed by atoms with Crippen molar-refractivity contribution in [1.29, 1.82) is 0 Å². The Bertz CT molecular complexity index is 4200. The van der Waals surface area contributed by atoms with Crippen LogP contribution in [0.2, 0.25) is 0 Å². The maximum absolute atomic E-state index is 8.94. The number of nitrogens with zero attached hydrogens (tertiary/aromatic N) is 2. The van der Waals surface area contributed by atoms with E-state index >= 15 is 0 Å². The third-order valence-electron chi connectivity index (χ3n) is 13.9. The zero-order valence-corrected chi connectivity index (χ0v) is 37.6. The summed E-state index contributed by atoms with van der Waals surface area (Å²) < 4.78 is 47.7. The highest BCUT2D eigenvalue weighted by Crippen LogP contribution is 2.49. The number of para-hydroxylation sites is 3. The molecule has 0 saturated carbocycles. The molecule has 0 aliphatic carbocycles. The van der Waals surface area contributed by atoms with Gasteiger partial charge in [0.15, 0.2) is 0 Å². The normalized spacial score (nSPS) is 12.8. The lowest BCUT2D eigenvalue weighted by Crippen LogP contribution is -2.31. The number of fused-ring (bicyclic) bond motifs is 6. The van der Waals surface area contributed by atoms with E-state index in [0.29, 0.717) is 5.56 Å². The van der Waals surface area contributed by atoms with Crippen molar-refractivity contribution in [3.8, 4) is 44.8 Å². The van der Waals surface area contributed by atoms with Crippen molar-refractivity contribution in [2.75, 3.05) is 0 Å². The summed E-state index contributed by atoms with van der Waals surface area (Å²) >= 11 is 0. The average Bonchev–Trinajstić information content (AvgIpc) is 3.97. The van der Waals surface area contributed by atoms with Gasteiger partial charge in [-0.15, -0.1) is 0 Å². The van der Waals surface area contributed by atoms with E-state index in [1.54, 1.807) is 0 Å². The lowest BCUT2D eigenvalue weighted by molar-refractivity contribution is 0.747. The number of rotatable bonds is 9. The first-order valence-electron chi connectivity index (χ1n) is 25.9. The van der Waals surface area contributed by atoms with Gasteiger partial charge in [-0.3, -0.25) is 0 Å². The van der Waals surface area contributed by atoms with Crippen molar-refractivity contribution in [3.63, 3.8) is 0 Å². The molecule has 13 rings (SSSR count). The molecule has 324 valence electrons. The molecule has 0 spiro atoms. The van der Waals surface area contributed by atoms with E-state index < -0.39 is 11.5 Å². The topological polar surface area (TPSA) is 9.86 Å². The molecule has 0 unspecified atom stereocenters. The minimum absolute atomic E-state index is 0.169. The van der Waals surface area contributed by atoms with Gasteiger partial charge in [-0.1, -0.05) is 218 Å². The smallest absolute Gasteiger partial charge is 0.0702 e. The first-order chi connectivity index (χ1) is 36.3. The molecule has 0 atom stereocenters. The van der Waals surface area contributed by atoms with Crippen molar-refractivity contribution in [2.45, 2.75) is 5.41 Å². The number of benzene rings is 11. The van der Waals surface area contributed by atoms with Crippen LogP contribution in [0.3, 0.4) is 0 Å². The Labute approximate surface area is 409 Å². The van der Waals surface area contributed by atoms with E-state index in [0.717, 1.165) is 99.5 Å². The quantitative estimate of drug-likeness (QED) is 0.128. The van der Waals surface area contributed by atoms with Crippen LogP contribution in [0.15, 0.2) is 279 Å². The highest BCUT2D eigenvalue weighted by Gasteiger charge is 2.39. The Morgan fingerprint density at radius 1 is 0.290 bits per heavy atom. The molecule has 2 aromatic heterocycles. The van der Waals surface area contributed by atoms with Crippen LogP contribution in [-0.4, -0.2) is 9.13 Å². The summed E-state index contributed by atoms with van der Waals surface area (Å²) in [5.41, 5.74) is 15.0. The fourth-order valence-corrected chi connectivity index (χ4v) is 10.9. The Hall–Kier alpha value is -8.98. The van der Waals surface area contributed by atoms with Crippen molar-refractivity contribution >= 4 is 43.6 Å². The zero-order chi connectivity index (χ0) is 50.1. The molecule has 0 aliphatic rings. The second-order valence-corrected chi connectivity index (χ2v) is 17.7. The van der Waals surface area contributed by atoms with Gasteiger partial charge in [-0.05, 0) is 111 Å². The van der Waals surface area contributed by atoms with Gasteiger partial charge >= 0.3 is 0 Å². The van der Waals surface area contributed by atoms with E-state index in [-0.39, 0.29) is 29.7 Å². The number of hydrogen-bond donors (Lipinski definition) is 0. The Morgan fingerprint density at radius 2 is 0.754 bits per heavy atom. The minimum atomic E-state index is -0.750. The number of aromatic nitrogens is 2. The SMILES string of the molecule is [2H]c1c([2H])c([2H])c(-c2ccccc2-n2c3ccccc3c3cc(-n4c5ccccc5c5cc(C(c6ccccc6)(c6cccc(-c7ccccc7)c6)c6cccc(-c7ccccc7)c6)ccc54)ccc32)c([2H])c1[2H]. The average molecular weight is 884 g/mol. The van der Waals surface area contributed by atoms with Gasteiger partial charge in [0, 0.05) is 32.8 Å². The highest BCUT2D eigenvalue weighted by atomic mass is 15.0. The van der Waals surface area contributed by atoms with Crippen LogP contribution in [0.5, 0.6) is 0 Å². The predicted octanol–water partition coefficient (Wildman–Crippen LogP) is 17.3. The molecule has 11 aromatic carbocycles. The summed E-state index contributed by atoms with van der Waals surface area (Å²) in [6, 6.07) is 86.9. The fraction of sp³-hybridized carbons (Fsp3) is 0.0149. The lowest BCUT2D eigenvalue weighted by Gasteiger charge is -2.37. The molecule has 0 bridgehead atoms. The molecule has 2 heterocycles. The van der Waals surface area contributed by atoms with Crippen molar-refractivity contribution in [1.82, 2.24) is 9.13 Å². The lowest BCUT2D eigenvalue weighted by atomic mass is 9.64. The maximum Gasteiger partial charge on any atom is 0.0702 e. The Kier molecular flexibility index (Phi) is 8.54. The highest BCUT2D eigenvalue weighted by molar-refractivity contribution is 6.13. The molecule has 0 fully saturated rings. The second-order valence-electron chi connectivity index (χ2n) is 17.7. The van der Waals surface area contributed by atoms with Crippen LogP contribution in [0.25, 0.3) is 88.4 Å². The van der Waals surface area contributed by atoms with Crippen LogP contribution in [0, 0.1) is 0 Å². The van der Waals surface area contributed by atoms with Gasteiger partial charge in [0.05, 0.1) is 40.0 Å². The van der Waals surface area contributed by atoms with Crippen LogP contribution in [-0.2, 0) is 5.41 Å². The first-order valence-corrected chi connectivity index (χ1v) is 23.4. The minimum Gasteiger partial charge on any atom is -0.309 e. The van der Waals surface area contributed by atoms with Crippen LogP contribution >= 0.6 is 0 Å². The van der Waals surface area contributed by atoms with Gasteiger partial charge in [-0.25, -0.2) is 0 Å². The monoisotopic (exact) mass is 883 g/mol. The van der Waals surface area contributed by atoms with E-state index in [9.17, 15) is 0 Å². The third kappa shape index (κ3) is 6.64. The van der Waals surface area contributed by atoms with Gasteiger partial charge in [0.2, 0.25) is 0 Å². The molecule has 0 N–H and O–H groups in total. The summed E-state index contributed by atoms with van der Waals surface area (Å²) in [6.45, 7) is 0. The van der Waals surface area contributed by atoms with Crippen LogP contribution in [0.1, 0.15) is 29.1 Å². The molecule has 0 saturated heterocycles. The van der Waals surface area contributed by atoms with Gasteiger partial charge < -0.3 is 9.13 Å². The molecule has 2 nitrogen and oxygen atoms in total. The molecule has 0 amide bonds. The molecule has 2 heteroatoms. The molecular weight excluding hydrogens is 833 g/mol. The van der Waals surface area contributed by atoms with Gasteiger partial charge in [-0.2, -0.15) is 0 Å². The third-order valence-corrected chi connectivity index (χ3v) is 13.9. The van der Waals surface area contributed by atoms with Crippen molar-refractivity contribution < 1.29 is 6.85 Å². The van der Waals surface area contributed by atoms with E-state index in [4.69, 9.17) is 6.85 Å². The first kappa shape index (κ1) is 35.2. The zero-order valence-electron chi connectivity index (χ0n) is 42.6. The van der Waals surface area contributed by atoms with Gasteiger partial charge in [0.1, 0.15) is 0 Å². The summed E-state index contributed by atoms with van der Waals surface area (Å²) in [6.07, 6.45) is 0. The molecule has 0 radical (unpaired) electrons. The van der Waals surface area contributed by atoms with Crippen LogP contribution < -0.4 is 0 Å². The molecule has 69 heavy (non-hydrogen) atoms. The summed E-state index contributed by atoms with van der Waals surface area (Å²) in [5, 5.41) is 4.33. The Morgan fingerprint density at radius 3 is 1.41 bits per heavy atom. The van der Waals surface area contributed by atoms with Gasteiger partial charge in [0.25, 0.3) is 0 Å². The predicted molar refractivity (Wildman–Crippen MR) is 290 cm³/mol. The van der Waals surface area contributed by atoms with E-state index in [1.807, 2.05) is 36.4 Å². The summed E-state index contributed by atoms with van der Waals surface area (Å²) in [5.74, 6) is 0. The Balaban J connectivity index is 1.05. The fourth-order valence-electron chi connectivity index (χ4n) is 10.9. The summed E-state index contributed by atoms with van der Waals surface area (Å²) in [4.78, 5) is 0. The molecule has 0 aliphatic heterocycles. The van der Waals surface area contributed by atoms with E-state index in [2.05, 4.69) is 221 Å². The second kappa shape index (κ2) is 16.7. The summed E-state index contributed by atoms with van der Waals surface area (Å²) in [7, 11) is 0. The molecular formula is C67H46N2. The maximum atomic E-state index is 8.94. The van der Waals surface area contributed by atoms with Crippen molar-refractivity contribution in [3.05, 3.63) is 301 Å². The standard InChI is InChI=1S/C67H46N2/c1-5-21-47(22-6-1)50-27-19-31-53(43-50)67(52-29-11-4-12-30-52,54-32-20-28-51(44-54)48-23-7-2-8-24-48)55-39-41-65-60(45-55)58-34-14-17-37-63(58)68(65)56-40-42-66-61(46-56)59-35-15-18-38-64(59)69(66)62-36-16-13-33-57(62)49-25-9-3-10-26-49/h1-46H/i3D,9D,10D,25D,26D. The van der Waals surface area contributed by atoms with E-state index in [1.165, 1.54) is 0 Å². The largest absolute Gasteiger partial charge is 0.309 e. The molecule has 13 aromatic rings. The number of hydrogen-bond acceptors (Lipinski definition) is 0. The van der Waals surface area contributed by atoms with Crippen LogP contribution in [0.4, 0.5) is 0 Å². The van der Waals surface area contributed by atoms with Crippen molar-refractivity contribution in [2.24, 2.45) is 0 Å².